The molecule has 1 aliphatic rings. The molecule has 1 aromatic heterocycles. The normalized spacial score (nSPS) is 14.4. The SMILES string of the molecule is CCCCn1c2c(s/c1=N\C(=O)c1cc(Cl)ccc1OC)CCOC2. The van der Waals surface area contributed by atoms with Crippen molar-refractivity contribution < 1.29 is 14.3 Å². The van der Waals surface area contributed by atoms with Gasteiger partial charge in [-0.15, -0.1) is 11.3 Å². The Bertz CT molecular complexity index is 841. The molecule has 0 unspecified atom stereocenters. The summed E-state index contributed by atoms with van der Waals surface area (Å²) in [5.41, 5.74) is 1.52. The van der Waals surface area contributed by atoms with Crippen molar-refractivity contribution in [2.24, 2.45) is 4.99 Å². The molecule has 0 bridgehead atoms. The number of amides is 1. The number of halogens is 1. The van der Waals surface area contributed by atoms with Gasteiger partial charge in [0, 0.05) is 22.9 Å². The van der Waals surface area contributed by atoms with Gasteiger partial charge in [-0.1, -0.05) is 24.9 Å². The van der Waals surface area contributed by atoms with E-state index in [0.29, 0.717) is 22.9 Å². The van der Waals surface area contributed by atoms with Crippen molar-refractivity contribution in [1.82, 2.24) is 4.57 Å². The van der Waals surface area contributed by atoms with Gasteiger partial charge in [0.2, 0.25) is 0 Å². The highest BCUT2D eigenvalue weighted by molar-refractivity contribution is 7.09. The Hall–Kier alpha value is -1.63. The molecule has 134 valence electrons. The number of aromatic nitrogens is 1. The fraction of sp³-hybridized carbons (Fsp3) is 0.444. The van der Waals surface area contributed by atoms with Crippen molar-refractivity contribution in [3.05, 3.63) is 44.2 Å². The molecule has 0 atom stereocenters. The van der Waals surface area contributed by atoms with Gasteiger partial charge in [0.05, 0.1) is 31.6 Å². The van der Waals surface area contributed by atoms with Crippen molar-refractivity contribution >= 4 is 28.8 Å². The van der Waals surface area contributed by atoms with E-state index in [-0.39, 0.29) is 5.91 Å². The Morgan fingerprint density at radius 1 is 1.48 bits per heavy atom. The number of ether oxygens (including phenoxy) is 2. The number of hydrogen-bond acceptors (Lipinski definition) is 4. The minimum absolute atomic E-state index is 0.343. The predicted octanol–water partition coefficient (Wildman–Crippen LogP) is 3.83. The van der Waals surface area contributed by atoms with Gasteiger partial charge in [-0.3, -0.25) is 4.79 Å². The van der Waals surface area contributed by atoms with Crippen LogP contribution in [-0.4, -0.2) is 24.2 Å². The molecule has 2 heterocycles. The van der Waals surface area contributed by atoms with Crippen molar-refractivity contribution in [3.63, 3.8) is 0 Å². The lowest BCUT2D eigenvalue weighted by atomic mass is 10.2. The first-order valence-electron chi connectivity index (χ1n) is 8.35. The smallest absolute Gasteiger partial charge is 0.283 e. The van der Waals surface area contributed by atoms with Crippen LogP contribution >= 0.6 is 22.9 Å². The van der Waals surface area contributed by atoms with Gasteiger partial charge < -0.3 is 14.0 Å². The predicted molar refractivity (Wildman–Crippen MR) is 98.5 cm³/mol. The first-order chi connectivity index (χ1) is 12.1. The molecule has 1 aliphatic heterocycles. The lowest BCUT2D eigenvalue weighted by Crippen LogP contribution is -2.21. The van der Waals surface area contributed by atoms with Crippen LogP contribution in [0.2, 0.25) is 5.02 Å². The molecule has 0 aliphatic carbocycles. The van der Waals surface area contributed by atoms with E-state index in [4.69, 9.17) is 21.1 Å². The van der Waals surface area contributed by atoms with E-state index in [1.54, 1.807) is 29.5 Å². The number of methoxy groups -OCH3 is 1. The van der Waals surface area contributed by atoms with Crippen LogP contribution in [0.5, 0.6) is 5.75 Å². The molecule has 7 heteroatoms. The van der Waals surface area contributed by atoms with Crippen molar-refractivity contribution in [3.8, 4) is 5.75 Å². The molecule has 1 amide bonds. The first-order valence-corrected chi connectivity index (χ1v) is 9.55. The van der Waals surface area contributed by atoms with Gasteiger partial charge >= 0.3 is 0 Å². The lowest BCUT2D eigenvalue weighted by Gasteiger charge is -2.14. The summed E-state index contributed by atoms with van der Waals surface area (Å²) in [7, 11) is 1.53. The summed E-state index contributed by atoms with van der Waals surface area (Å²) in [6, 6.07) is 4.97. The van der Waals surface area contributed by atoms with E-state index in [2.05, 4.69) is 16.5 Å². The lowest BCUT2D eigenvalue weighted by molar-refractivity contribution is 0.0991. The fourth-order valence-electron chi connectivity index (χ4n) is 2.80. The zero-order valence-electron chi connectivity index (χ0n) is 14.4. The summed E-state index contributed by atoms with van der Waals surface area (Å²) in [6.07, 6.45) is 2.98. The molecule has 2 aromatic rings. The maximum absolute atomic E-state index is 12.7. The molecule has 0 spiro atoms. The van der Waals surface area contributed by atoms with Crippen LogP contribution in [0.3, 0.4) is 0 Å². The largest absolute Gasteiger partial charge is 0.496 e. The number of hydrogen-bond donors (Lipinski definition) is 0. The maximum atomic E-state index is 12.7. The van der Waals surface area contributed by atoms with Crippen LogP contribution in [0.1, 0.15) is 40.7 Å². The highest BCUT2D eigenvalue weighted by Gasteiger charge is 2.19. The zero-order chi connectivity index (χ0) is 17.8. The summed E-state index contributed by atoms with van der Waals surface area (Å²) in [5, 5.41) is 0.483. The highest BCUT2D eigenvalue weighted by Crippen LogP contribution is 2.24. The third kappa shape index (κ3) is 3.97. The molecule has 0 radical (unpaired) electrons. The fourth-order valence-corrected chi connectivity index (χ4v) is 4.11. The van der Waals surface area contributed by atoms with Crippen LogP contribution in [0, 0.1) is 0 Å². The van der Waals surface area contributed by atoms with E-state index in [1.807, 2.05) is 0 Å². The number of carbonyl (C=O) groups is 1. The number of nitrogens with zero attached hydrogens (tertiary/aromatic N) is 2. The van der Waals surface area contributed by atoms with Crippen LogP contribution < -0.4 is 9.54 Å². The van der Waals surface area contributed by atoms with Gasteiger partial charge in [-0.25, -0.2) is 0 Å². The standard InChI is InChI=1S/C18H21ClN2O3S/c1-3-4-8-21-14-11-24-9-7-16(14)25-18(21)20-17(22)13-10-12(19)5-6-15(13)23-2/h5-6,10H,3-4,7-9,11H2,1-2H3/b20-18-. The molecule has 0 N–H and O–H groups in total. The van der Waals surface area contributed by atoms with Crippen LogP contribution in [0.15, 0.2) is 23.2 Å². The third-order valence-corrected chi connectivity index (χ3v) is 5.55. The first kappa shape index (κ1) is 18.2. The van der Waals surface area contributed by atoms with Crippen molar-refractivity contribution in [1.29, 1.82) is 0 Å². The number of thiazole rings is 1. The summed E-state index contributed by atoms with van der Waals surface area (Å²) in [4.78, 5) is 19.1. The Morgan fingerprint density at radius 2 is 2.32 bits per heavy atom. The third-order valence-electron chi connectivity index (χ3n) is 4.13. The topological polar surface area (TPSA) is 52.8 Å². The van der Waals surface area contributed by atoms with Crippen LogP contribution in [-0.2, 0) is 24.3 Å². The van der Waals surface area contributed by atoms with Crippen LogP contribution in [0.25, 0.3) is 0 Å². The maximum Gasteiger partial charge on any atom is 0.283 e. The Balaban J connectivity index is 2.04. The van der Waals surface area contributed by atoms with Gasteiger partial charge in [0.25, 0.3) is 5.91 Å². The quantitative estimate of drug-likeness (QED) is 0.792. The van der Waals surface area contributed by atoms with Gasteiger partial charge in [0.1, 0.15) is 5.75 Å². The molecule has 0 saturated heterocycles. The van der Waals surface area contributed by atoms with Crippen molar-refractivity contribution in [2.75, 3.05) is 13.7 Å². The average Bonchev–Trinajstić information content (AvgIpc) is 2.96. The summed E-state index contributed by atoms with van der Waals surface area (Å²) < 4.78 is 13.0. The molecule has 1 aromatic carbocycles. The summed E-state index contributed by atoms with van der Waals surface area (Å²) in [5.74, 6) is 0.132. The minimum atomic E-state index is -0.343. The number of benzene rings is 1. The number of rotatable bonds is 5. The minimum Gasteiger partial charge on any atom is -0.496 e. The monoisotopic (exact) mass is 380 g/mol. The number of unbranched alkanes of at least 4 members (excludes halogenated alkanes) is 1. The molecule has 0 saturated carbocycles. The second-order valence-corrected chi connectivity index (χ2v) is 7.32. The summed E-state index contributed by atoms with van der Waals surface area (Å²) >= 11 is 7.61. The zero-order valence-corrected chi connectivity index (χ0v) is 16.0. The van der Waals surface area contributed by atoms with E-state index < -0.39 is 0 Å². The molecular weight excluding hydrogens is 360 g/mol. The van der Waals surface area contributed by atoms with Gasteiger partial charge in [0.15, 0.2) is 4.80 Å². The van der Waals surface area contributed by atoms with Crippen molar-refractivity contribution in [2.45, 2.75) is 39.3 Å². The highest BCUT2D eigenvalue weighted by atomic mass is 35.5. The summed E-state index contributed by atoms with van der Waals surface area (Å²) in [6.45, 7) is 4.29. The Labute approximate surface area is 155 Å². The number of fused-ring (bicyclic) bond motifs is 1. The Kier molecular flexibility index (Phi) is 5.93. The van der Waals surface area contributed by atoms with Crippen LogP contribution in [0.4, 0.5) is 0 Å². The Morgan fingerprint density at radius 3 is 3.08 bits per heavy atom. The van der Waals surface area contributed by atoms with E-state index in [9.17, 15) is 4.79 Å². The van der Waals surface area contributed by atoms with Gasteiger partial charge in [-0.05, 0) is 24.6 Å². The molecule has 3 rings (SSSR count). The second-order valence-electron chi connectivity index (χ2n) is 5.82. The molecule has 25 heavy (non-hydrogen) atoms. The van der Waals surface area contributed by atoms with E-state index in [0.717, 1.165) is 42.9 Å². The average molecular weight is 381 g/mol. The van der Waals surface area contributed by atoms with E-state index >= 15 is 0 Å². The molecule has 0 fully saturated rings. The second kappa shape index (κ2) is 8.17. The number of carbonyl (C=O) groups excluding carboxylic acids is 1. The van der Waals surface area contributed by atoms with Gasteiger partial charge in [-0.2, -0.15) is 4.99 Å². The molecule has 5 nitrogen and oxygen atoms in total. The van der Waals surface area contributed by atoms with E-state index in [1.165, 1.54) is 12.0 Å². The molecular formula is C18H21ClN2O3S.